The molecule has 1 heterocycles. The minimum Gasteiger partial charge on any atom is -0.466 e. The molecule has 110 valence electrons. The maximum absolute atomic E-state index is 12.1. The van der Waals surface area contributed by atoms with Crippen LogP contribution in [-0.2, 0) is 14.3 Å². The number of carbonyl (C=O) groups is 2. The first kappa shape index (κ1) is 16.0. The van der Waals surface area contributed by atoms with Crippen molar-refractivity contribution < 1.29 is 14.3 Å². The zero-order valence-corrected chi connectivity index (χ0v) is 12.1. The van der Waals surface area contributed by atoms with Crippen molar-refractivity contribution in [2.45, 2.75) is 52.0 Å². The Balaban J connectivity index is 2.36. The molecule has 1 rings (SSSR count). The molecular formula is C14H26N2O3. The van der Waals surface area contributed by atoms with Gasteiger partial charge in [-0.3, -0.25) is 9.59 Å². The van der Waals surface area contributed by atoms with Crippen molar-refractivity contribution in [2.24, 2.45) is 11.7 Å². The van der Waals surface area contributed by atoms with E-state index in [1.807, 2.05) is 6.92 Å². The summed E-state index contributed by atoms with van der Waals surface area (Å²) in [4.78, 5) is 25.5. The summed E-state index contributed by atoms with van der Waals surface area (Å²) in [6, 6.07) is -0.390. The third-order valence-corrected chi connectivity index (χ3v) is 3.61. The van der Waals surface area contributed by atoms with Crippen LogP contribution < -0.4 is 5.73 Å². The third-order valence-electron chi connectivity index (χ3n) is 3.61. The largest absolute Gasteiger partial charge is 0.466 e. The molecule has 1 saturated heterocycles. The van der Waals surface area contributed by atoms with E-state index < -0.39 is 0 Å². The molecule has 0 aromatic rings. The van der Waals surface area contributed by atoms with Crippen LogP contribution in [0.15, 0.2) is 0 Å². The highest BCUT2D eigenvalue weighted by Crippen LogP contribution is 2.19. The maximum Gasteiger partial charge on any atom is 0.309 e. The zero-order valence-electron chi connectivity index (χ0n) is 12.1. The van der Waals surface area contributed by atoms with Crippen LogP contribution in [0.25, 0.3) is 0 Å². The van der Waals surface area contributed by atoms with Crippen LogP contribution in [0.5, 0.6) is 0 Å². The van der Waals surface area contributed by atoms with E-state index in [1.165, 1.54) is 0 Å². The zero-order chi connectivity index (χ0) is 14.3. The topological polar surface area (TPSA) is 72.6 Å². The summed E-state index contributed by atoms with van der Waals surface area (Å²) in [7, 11) is 0. The van der Waals surface area contributed by atoms with Gasteiger partial charge in [-0.25, -0.2) is 0 Å². The molecule has 0 aromatic carbocycles. The van der Waals surface area contributed by atoms with Crippen molar-refractivity contribution in [2.75, 3.05) is 19.7 Å². The maximum atomic E-state index is 12.1. The summed E-state index contributed by atoms with van der Waals surface area (Å²) in [5, 5.41) is 0. The molecule has 0 saturated carbocycles. The van der Waals surface area contributed by atoms with Crippen molar-refractivity contribution in [3.8, 4) is 0 Å². The number of nitrogens with two attached hydrogens (primary N) is 1. The van der Waals surface area contributed by atoms with Gasteiger partial charge >= 0.3 is 5.97 Å². The van der Waals surface area contributed by atoms with Gasteiger partial charge in [-0.15, -0.1) is 0 Å². The number of ether oxygens (including phenoxy) is 1. The highest BCUT2D eigenvalue weighted by atomic mass is 16.5. The third kappa shape index (κ3) is 4.82. The molecule has 1 aliphatic rings. The summed E-state index contributed by atoms with van der Waals surface area (Å²) in [6.45, 7) is 5.54. The second-order valence-electron chi connectivity index (χ2n) is 5.10. The van der Waals surface area contributed by atoms with E-state index in [1.54, 1.807) is 4.90 Å². The average Bonchev–Trinajstić information content (AvgIpc) is 2.44. The van der Waals surface area contributed by atoms with Gasteiger partial charge < -0.3 is 15.4 Å². The first-order chi connectivity index (χ1) is 9.10. The number of likely N-dealkylation sites (tertiary alicyclic amines) is 1. The molecule has 2 N–H and O–H groups in total. The number of nitrogens with zero attached hydrogens (tertiary/aromatic N) is 1. The molecule has 5 nitrogen and oxygen atoms in total. The number of hydrogen-bond acceptors (Lipinski definition) is 4. The molecular weight excluding hydrogens is 244 g/mol. The summed E-state index contributed by atoms with van der Waals surface area (Å²) >= 11 is 0. The Morgan fingerprint density at radius 1 is 1.32 bits per heavy atom. The number of esters is 1. The van der Waals surface area contributed by atoms with Crippen LogP contribution >= 0.6 is 0 Å². The van der Waals surface area contributed by atoms with Gasteiger partial charge in [0.15, 0.2) is 0 Å². The molecule has 0 bridgehead atoms. The number of unbranched alkanes of at least 4 members (excludes halogenated alkanes) is 1. The quantitative estimate of drug-likeness (QED) is 0.738. The number of carbonyl (C=O) groups excluding carboxylic acids is 2. The second-order valence-corrected chi connectivity index (χ2v) is 5.10. The van der Waals surface area contributed by atoms with Crippen LogP contribution in [0.3, 0.4) is 0 Å². The average molecular weight is 270 g/mol. The lowest BCUT2D eigenvalue weighted by Crippen LogP contribution is -2.48. The van der Waals surface area contributed by atoms with E-state index in [-0.39, 0.29) is 23.8 Å². The highest BCUT2D eigenvalue weighted by molar-refractivity contribution is 5.82. The number of amides is 1. The predicted octanol–water partition coefficient (Wildman–Crippen LogP) is 1.31. The van der Waals surface area contributed by atoms with E-state index >= 15 is 0 Å². The minimum atomic E-state index is -0.390. The van der Waals surface area contributed by atoms with Gasteiger partial charge in [0, 0.05) is 13.1 Å². The molecule has 0 spiro atoms. The van der Waals surface area contributed by atoms with Gasteiger partial charge in [0.05, 0.1) is 18.6 Å². The Kier molecular flexibility index (Phi) is 6.84. The van der Waals surface area contributed by atoms with E-state index in [9.17, 15) is 9.59 Å². The fourth-order valence-electron chi connectivity index (χ4n) is 2.38. The lowest BCUT2D eigenvalue weighted by Gasteiger charge is -2.32. The van der Waals surface area contributed by atoms with Gasteiger partial charge in [-0.2, -0.15) is 0 Å². The van der Waals surface area contributed by atoms with Crippen LogP contribution in [0.4, 0.5) is 0 Å². The van der Waals surface area contributed by atoms with Crippen LogP contribution in [-0.4, -0.2) is 42.5 Å². The number of rotatable bonds is 6. The first-order valence-corrected chi connectivity index (χ1v) is 7.31. The SMILES string of the molecule is CCCC[C@H](N)C(=O)N1CCC(C(=O)OCC)CC1. The summed E-state index contributed by atoms with van der Waals surface area (Å²) in [5.41, 5.74) is 5.89. The van der Waals surface area contributed by atoms with Crippen molar-refractivity contribution in [1.82, 2.24) is 4.90 Å². The predicted molar refractivity (Wildman–Crippen MR) is 73.4 cm³/mol. The Hall–Kier alpha value is -1.10. The normalized spacial score (nSPS) is 18.2. The molecule has 0 aliphatic carbocycles. The number of piperidine rings is 1. The molecule has 1 amide bonds. The first-order valence-electron chi connectivity index (χ1n) is 7.31. The van der Waals surface area contributed by atoms with Gasteiger partial charge in [-0.1, -0.05) is 19.8 Å². The van der Waals surface area contributed by atoms with Crippen LogP contribution in [0.2, 0.25) is 0 Å². The Morgan fingerprint density at radius 3 is 2.47 bits per heavy atom. The molecule has 1 fully saturated rings. The van der Waals surface area contributed by atoms with E-state index in [4.69, 9.17) is 10.5 Å². The van der Waals surface area contributed by atoms with Gasteiger partial charge in [0.2, 0.25) is 5.91 Å². The fraction of sp³-hybridized carbons (Fsp3) is 0.857. The monoisotopic (exact) mass is 270 g/mol. The Bertz CT molecular complexity index is 299. The molecule has 0 radical (unpaired) electrons. The molecule has 0 unspecified atom stereocenters. The number of hydrogen-bond donors (Lipinski definition) is 1. The van der Waals surface area contributed by atoms with Gasteiger partial charge in [-0.05, 0) is 26.2 Å². The fourth-order valence-corrected chi connectivity index (χ4v) is 2.38. The standard InChI is InChI=1S/C14H26N2O3/c1-3-5-6-12(15)13(17)16-9-7-11(8-10-16)14(18)19-4-2/h11-12H,3-10,15H2,1-2H3/t12-/m0/s1. The van der Waals surface area contributed by atoms with Crippen molar-refractivity contribution in [3.05, 3.63) is 0 Å². The van der Waals surface area contributed by atoms with Crippen LogP contribution in [0.1, 0.15) is 46.0 Å². The van der Waals surface area contributed by atoms with Crippen LogP contribution in [0, 0.1) is 5.92 Å². The summed E-state index contributed by atoms with van der Waals surface area (Å²) < 4.78 is 5.01. The van der Waals surface area contributed by atoms with Gasteiger partial charge in [0.1, 0.15) is 0 Å². The highest BCUT2D eigenvalue weighted by Gasteiger charge is 2.29. The lowest BCUT2D eigenvalue weighted by molar-refractivity contribution is -0.151. The minimum absolute atomic E-state index is 0.0239. The van der Waals surface area contributed by atoms with E-state index in [2.05, 4.69) is 6.92 Å². The summed E-state index contributed by atoms with van der Waals surface area (Å²) in [6.07, 6.45) is 4.14. The molecule has 5 heteroatoms. The van der Waals surface area contributed by atoms with Crippen molar-refractivity contribution in [1.29, 1.82) is 0 Å². The van der Waals surface area contributed by atoms with E-state index in [0.29, 0.717) is 32.5 Å². The Morgan fingerprint density at radius 2 is 1.95 bits per heavy atom. The summed E-state index contributed by atoms with van der Waals surface area (Å²) in [5.74, 6) is -0.170. The molecule has 0 aromatic heterocycles. The van der Waals surface area contributed by atoms with Crippen molar-refractivity contribution in [3.63, 3.8) is 0 Å². The lowest BCUT2D eigenvalue weighted by atomic mass is 9.96. The molecule has 1 atom stereocenters. The van der Waals surface area contributed by atoms with E-state index in [0.717, 1.165) is 19.3 Å². The van der Waals surface area contributed by atoms with Gasteiger partial charge in [0.25, 0.3) is 0 Å². The van der Waals surface area contributed by atoms with Crippen molar-refractivity contribution >= 4 is 11.9 Å². The Labute approximate surface area is 115 Å². The molecule has 1 aliphatic heterocycles. The second kappa shape index (κ2) is 8.15. The smallest absolute Gasteiger partial charge is 0.309 e. The molecule has 19 heavy (non-hydrogen) atoms.